The molecule has 24 heavy (non-hydrogen) atoms. The molecule has 1 heterocycles. The lowest BCUT2D eigenvalue weighted by molar-refractivity contribution is 0.0941. The molecule has 128 valence electrons. The van der Waals surface area contributed by atoms with E-state index in [2.05, 4.69) is 17.0 Å². The Morgan fingerprint density at radius 1 is 1.33 bits per heavy atom. The van der Waals surface area contributed by atoms with Crippen molar-refractivity contribution in [1.82, 2.24) is 15.1 Å². The van der Waals surface area contributed by atoms with Crippen molar-refractivity contribution in [1.29, 1.82) is 0 Å². The van der Waals surface area contributed by atoms with E-state index in [1.807, 2.05) is 19.1 Å². The molecule has 2 rings (SSSR count). The van der Waals surface area contributed by atoms with Crippen LogP contribution in [0.3, 0.4) is 0 Å². The Bertz CT molecular complexity index is 750. The first-order valence-corrected chi connectivity index (χ1v) is 7.63. The largest absolute Gasteiger partial charge is 0.493 e. The zero-order valence-corrected chi connectivity index (χ0v) is 14.5. The molecule has 0 bridgehead atoms. The maximum absolute atomic E-state index is 12.3. The van der Waals surface area contributed by atoms with Gasteiger partial charge >= 0.3 is 0 Å². The van der Waals surface area contributed by atoms with Crippen LogP contribution in [0.25, 0.3) is 0 Å². The number of carbonyl (C=O) groups is 1. The molecule has 1 amide bonds. The summed E-state index contributed by atoms with van der Waals surface area (Å²) in [5, 5.41) is 7.09. The SMILES string of the molecule is C=CCc1cc(CNC(=O)c2cc(C)nn2C)cc(OC)c1OC. The summed E-state index contributed by atoms with van der Waals surface area (Å²) < 4.78 is 12.4. The van der Waals surface area contributed by atoms with Crippen LogP contribution in [0.1, 0.15) is 27.3 Å². The number of nitrogens with one attached hydrogen (secondary N) is 1. The second kappa shape index (κ2) is 7.68. The van der Waals surface area contributed by atoms with Crippen LogP contribution in [0.5, 0.6) is 11.5 Å². The van der Waals surface area contributed by atoms with E-state index in [4.69, 9.17) is 9.47 Å². The average molecular weight is 329 g/mol. The van der Waals surface area contributed by atoms with Crippen LogP contribution >= 0.6 is 0 Å². The van der Waals surface area contributed by atoms with Crippen LogP contribution in [-0.2, 0) is 20.0 Å². The minimum atomic E-state index is -0.168. The molecule has 0 radical (unpaired) electrons. The Morgan fingerprint density at radius 3 is 2.62 bits per heavy atom. The molecule has 1 aromatic heterocycles. The Labute approximate surface area is 142 Å². The number of carbonyl (C=O) groups excluding carboxylic acids is 1. The van der Waals surface area contributed by atoms with Gasteiger partial charge in [-0.25, -0.2) is 0 Å². The van der Waals surface area contributed by atoms with Gasteiger partial charge in [-0.05, 0) is 37.1 Å². The van der Waals surface area contributed by atoms with Gasteiger partial charge in [-0.1, -0.05) is 6.08 Å². The maximum Gasteiger partial charge on any atom is 0.269 e. The summed E-state index contributed by atoms with van der Waals surface area (Å²) in [4.78, 5) is 12.3. The molecule has 0 atom stereocenters. The first kappa shape index (κ1) is 17.6. The van der Waals surface area contributed by atoms with Crippen LogP contribution in [0.4, 0.5) is 0 Å². The van der Waals surface area contributed by atoms with E-state index in [1.165, 1.54) is 0 Å². The Morgan fingerprint density at radius 2 is 2.08 bits per heavy atom. The molecule has 0 unspecified atom stereocenters. The van der Waals surface area contributed by atoms with E-state index >= 15 is 0 Å². The predicted molar refractivity (Wildman–Crippen MR) is 92.6 cm³/mol. The highest BCUT2D eigenvalue weighted by Crippen LogP contribution is 2.33. The molecule has 0 aliphatic carbocycles. The molecule has 0 spiro atoms. The standard InChI is InChI=1S/C18H23N3O3/c1-6-7-14-9-13(10-16(23-4)17(14)24-5)11-19-18(22)15-8-12(2)20-21(15)3/h6,8-10H,1,7,11H2,2-5H3,(H,19,22). The molecule has 2 aromatic rings. The summed E-state index contributed by atoms with van der Waals surface area (Å²) in [6.07, 6.45) is 2.46. The van der Waals surface area contributed by atoms with Crippen molar-refractivity contribution in [2.45, 2.75) is 19.9 Å². The summed E-state index contributed by atoms with van der Waals surface area (Å²) in [6, 6.07) is 5.60. The molecule has 0 aliphatic heterocycles. The summed E-state index contributed by atoms with van der Waals surface area (Å²) >= 11 is 0. The smallest absolute Gasteiger partial charge is 0.269 e. The minimum Gasteiger partial charge on any atom is -0.493 e. The van der Waals surface area contributed by atoms with E-state index in [0.29, 0.717) is 30.2 Å². The summed E-state index contributed by atoms with van der Waals surface area (Å²) in [5.41, 5.74) is 3.23. The molecule has 1 N–H and O–H groups in total. The van der Waals surface area contributed by atoms with Crippen molar-refractivity contribution in [3.63, 3.8) is 0 Å². The number of benzene rings is 1. The van der Waals surface area contributed by atoms with E-state index in [0.717, 1.165) is 16.8 Å². The lowest BCUT2D eigenvalue weighted by Gasteiger charge is -2.15. The predicted octanol–water partition coefficient (Wildman–Crippen LogP) is 2.40. The minimum absolute atomic E-state index is 0.168. The third kappa shape index (κ3) is 3.76. The number of rotatable bonds is 7. The molecule has 0 saturated heterocycles. The van der Waals surface area contributed by atoms with Crippen molar-refractivity contribution in [2.24, 2.45) is 7.05 Å². The fourth-order valence-corrected chi connectivity index (χ4v) is 2.61. The van der Waals surface area contributed by atoms with Gasteiger partial charge < -0.3 is 14.8 Å². The molecule has 0 fully saturated rings. The van der Waals surface area contributed by atoms with E-state index in [1.54, 1.807) is 38.1 Å². The summed E-state index contributed by atoms with van der Waals surface area (Å²) in [7, 11) is 4.95. The quantitative estimate of drug-likeness (QED) is 0.792. The fourth-order valence-electron chi connectivity index (χ4n) is 2.61. The van der Waals surface area contributed by atoms with Crippen molar-refractivity contribution in [3.05, 3.63) is 53.4 Å². The first-order chi connectivity index (χ1) is 11.5. The average Bonchev–Trinajstić information content (AvgIpc) is 2.90. The highest BCUT2D eigenvalue weighted by molar-refractivity contribution is 5.92. The van der Waals surface area contributed by atoms with Gasteiger partial charge in [0.15, 0.2) is 11.5 Å². The number of aryl methyl sites for hydroxylation is 2. The number of amides is 1. The van der Waals surface area contributed by atoms with E-state index < -0.39 is 0 Å². The number of ether oxygens (including phenoxy) is 2. The number of hydrogen-bond acceptors (Lipinski definition) is 4. The van der Waals surface area contributed by atoms with Crippen molar-refractivity contribution < 1.29 is 14.3 Å². The monoisotopic (exact) mass is 329 g/mol. The number of hydrogen-bond donors (Lipinski definition) is 1. The van der Waals surface area contributed by atoms with Gasteiger partial charge in [0, 0.05) is 19.2 Å². The van der Waals surface area contributed by atoms with Gasteiger partial charge in [0.25, 0.3) is 5.91 Å². The molecular formula is C18H23N3O3. The Kier molecular flexibility index (Phi) is 5.63. The third-order valence-corrected chi connectivity index (χ3v) is 3.67. The lowest BCUT2D eigenvalue weighted by atomic mass is 10.1. The summed E-state index contributed by atoms with van der Waals surface area (Å²) in [6.45, 7) is 6.00. The zero-order chi connectivity index (χ0) is 17.7. The highest BCUT2D eigenvalue weighted by Gasteiger charge is 2.14. The molecule has 1 aromatic carbocycles. The molecule has 6 nitrogen and oxygen atoms in total. The normalized spacial score (nSPS) is 10.3. The third-order valence-electron chi connectivity index (χ3n) is 3.67. The van der Waals surface area contributed by atoms with Gasteiger partial charge in [-0.15, -0.1) is 6.58 Å². The van der Waals surface area contributed by atoms with Crippen LogP contribution in [0.2, 0.25) is 0 Å². The van der Waals surface area contributed by atoms with Crippen molar-refractivity contribution in [3.8, 4) is 11.5 Å². The number of nitrogens with zero attached hydrogens (tertiary/aromatic N) is 2. The number of aromatic nitrogens is 2. The van der Waals surface area contributed by atoms with E-state index in [9.17, 15) is 4.79 Å². The van der Waals surface area contributed by atoms with Crippen molar-refractivity contribution in [2.75, 3.05) is 14.2 Å². The van der Waals surface area contributed by atoms with Gasteiger partial charge in [0.1, 0.15) is 5.69 Å². The van der Waals surface area contributed by atoms with Gasteiger partial charge in [-0.2, -0.15) is 5.10 Å². The number of methoxy groups -OCH3 is 2. The van der Waals surface area contributed by atoms with Crippen molar-refractivity contribution >= 4 is 5.91 Å². The summed E-state index contributed by atoms with van der Waals surface area (Å²) in [5.74, 6) is 1.16. The molecular weight excluding hydrogens is 306 g/mol. The first-order valence-electron chi connectivity index (χ1n) is 7.63. The Hall–Kier alpha value is -2.76. The van der Waals surface area contributed by atoms with Crippen LogP contribution in [0, 0.1) is 6.92 Å². The van der Waals surface area contributed by atoms with Crippen LogP contribution in [-0.4, -0.2) is 29.9 Å². The topological polar surface area (TPSA) is 65.4 Å². The Balaban J connectivity index is 2.20. The fraction of sp³-hybridized carbons (Fsp3) is 0.333. The lowest BCUT2D eigenvalue weighted by Crippen LogP contribution is -2.25. The molecule has 0 aliphatic rings. The van der Waals surface area contributed by atoms with E-state index in [-0.39, 0.29) is 5.91 Å². The number of allylic oxidation sites excluding steroid dienone is 1. The van der Waals surface area contributed by atoms with Gasteiger partial charge in [0.05, 0.1) is 19.9 Å². The van der Waals surface area contributed by atoms with Gasteiger partial charge in [-0.3, -0.25) is 9.48 Å². The molecule has 6 heteroatoms. The highest BCUT2D eigenvalue weighted by atomic mass is 16.5. The van der Waals surface area contributed by atoms with Crippen LogP contribution < -0.4 is 14.8 Å². The second-order valence-electron chi connectivity index (χ2n) is 5.46. The maximum atomic E-state index is 12.3. The van der Waals surface area contributed by atoms with Gasteiger partial charge in [0.2, 0.25) is 0 Å². The molecule has 0 saturated carbocycles. The van der Waals surface area contributed by atoms with Crippen LogP contribution in [0.15, 0.2) is 30.9 Å². The zero-order valence-electron chi connectivity index (χ0n) is 14.5. The second-order valence-corrected chi connectivity index (χ2v) is 5.46.